The molecule has 3 nitrogen and oxygen atoms in total. The van der Waals surface area contributed by atoms with E-state index >= 15 is 0 Å². The predicted molar refractivity (Wildman–Crippen MR) is 83.0 cm³/mol. The van der Waals surface area contributed by atoms with E-state index in [1.165, 1.54) is 19.8 Å². The second-order valence-corrected chi connectivity index (χ2v) is 6.76. The smallest absolute Gasteiger partial charge is 0.0521 e. The Morgan fingerprint density at radius 3 is 3.00 bits per heavy atom. The van der Waals surface area contributed by atoms with Crippen molar-refractivity contribution in [1.29, 1.82) is 0 Å². The lowest BCUT2D eigenvalue weighted by Gasteiger charge is -2.13. The van der Waals surface area contributed by atoms with Crippen molar-refractivity contribution >= 4 is 32.1 Å². The van der Waals surface area contributed by atoms with Gasteiger partial charge in [0.2, 0.25) is 0 Å². The molecule has 0 aliphatic rings. The maximum absolute atomic E-state index is 4.22. The van der Waals surface area contributed by atoms with Crippen LogP contribution in [0, 0.1) is 0 Å². The highest BCUT2D eigenvalue weighted by molar-refractivity contribution is 7.26. The van der Waals surface area contributed by atoms with Gasteiger partial charge in [-0.25, -0.2) is 0 Å². The second kappa shape index (κ2) is 5.45. The maximum Gasteiger partial charge on any atom is 0.0521 e. The minimum atomic E-state index is 0.435. The van der Waals surface area contributed by atoms with E-state index in [0.717, 1.165) is 12.8 Å². The fourth-order valence-corrected chi connectivity index (χ4v) is 4.56. The van der Waals surface area contributed by atoms with E-state index in [2.05, 4.69) is 34.1 Å². The minimum absolute atomic E-state index is 0.435. The molecular formula is C14H17N3S2. The molecule has 0 radical (unpaired) electrons. The molecule has 1 N–H and O–H groups in total. The van der Waals surface area contributed by atoms with Crippen LogP contribution in [-0.2, 0) is 13.5 Å². The second-order valence-electron chi connectivity index (χ2n) is 4.70. The van der Waals surface area contributed by atoms with Crippen molar-refractivity contribution in [2.24, 2.45) is 7.05 Å². The molecule has 0 aromatic carbocycles. The number of nitrogens with zero attached hydrogens (tertiary/aromatic N) is 2. The first kappa shape index (κ1) is 12.8. The molecule has 0 saturated carbocycles. The molecule has 0 spiro atoms. The van der Waals surface area contributed by atoms with Crippen molar-refractivity contribution in [2.45, 2.75) is 18.9 Å². The number of fused-ring (bicyclic) bond motifs is 1. The first-order chi connectivity index (χ1) is 9.26. The summed E-state index contributed by atoms with van der Waals surface area (Å²) in [5.41, 5.74) is 1.31. The zero-order valence-corrected chi connectivity index (χ0v) is 12.7. The Kier molecular flexibility index (Phi) is 3.68. The van der Waals surface area contributed by atoms with Crippen LogP contribution in [0.25, 0.3) is 9.40 Å². The molecule has 0 fully saturated rings. The number of hydrogen-bond donors (Lipinski definition) is 1. The van der Waals surface area contributed by atoms with E-state index in [9.17, 15) is 0 Å². The van der Waals surface area contributed by atoms with E-state index in [0.29, 0.717) is 6.04 Å². The molecule has 0 aliphatic carbocycles. The third-order valence-electron chi connectivity index (χ3n) is 3.33. The third kappa shape index (κ3) is 2.73. The molecule has 3 aromatic heterocycles. The monoisotopic (exact) mass is 291 g/mol. The first-order valence-electron chi connectivity index (χ1n) is 6.38. The summed E-state index contributed by atoms with van der Waals surface area (Å²) in [5.74, 6) is 0. The molecular weight excluding hydrogens is 274 g/mol. The lowest BCUT2D eigenvalue weighted by molar-refractivity contribution is 0.558. The van der Waals surface area contributed by atoms with Gasteiger partial charge in [0.25, 0.3) is 0 Å². The number of thiophene rings is 2. The lowest BCUT2D eigenvalue weighted by Crippen LogP contribution is -2.15. The molecule has 1 unspecified atom stereocenters. The van der Waals surface area contributed by atoms with E-state index in [1.54, 1.807) is 0 Å². The average Bonchev–Trinajstić information content (AvgIpc) is 3.05. The number of hydrogen-bond acceptors (Lipinski definition) is 4. The van der Waals surface area contributed by atoms with Gasteiger partial charge in [-0.05, 0) is 43.0 Å². The van der Waals surface area contributed by atoms with Gasteiger partial charge in [-0.15, -0.1) is 22.7 Å². The van der Waals surface area contributed by atoms with Gasteiger partial charge in [-0.1, -0.05) is 0 Å². The van der Waals surface area contributed by atoms with Crippen LogP contribution in [-0.4, -0.2) is 16.8 Å². The summed E-state index contributed by atoms with van der Waals surface area (Å²) >= 11 is 3.73. The number of aromatic nitrogens is 2. The molecule has 0 aliphatic heterocycles. The van der Waals surface area contributed by atoms with Crippen LogP contribution in [0.1, 0.15) is 22.9 Å². The van der Waals surface area contributed by atoms with Gasteiger partial charge in [0.1, 0.15) is 0 Å². The largest absolute Gasteiger partial charge is 0.312 e. The van der Waals surface area contributed by atoms with Gasteiger partial charge in [-0.3, -0.25) is 4.68 Å². The third-order valence-corrected chi connectivity index (χ3v) is 5.54. The number of aryl methyl sites for hydroxylation is 2. The van der Waals surface area contributed by atoms with Crippen molar-refractivity contribution < 1.29 is 0 Å². The molecule has 1 atom stereocenters. The molecule has 19 heavy (non-hydrogen) atoms. The van der Waals surface area contributed by atoms with Crippen LogP contribution in [0.3, 0.4) is 0 Å². The van der Waals surface area contributed by atoms with Crippen molar-refractivity contribution in [2.75, 3.05) is 7.05 Å². The fraction of sp³-hybridized carbons (Fsp3) is 0.357. The highest BCUT2D eigenvalue weighted by atomic mass is 32.1. The SMILES string of the molecule is CNC(CCc1cnn(C)c1)c1cc2sccc2s1. The van der Waals surface area contributed by atoms with E-state index in [4.69, 9.17) is 0 Å². The molecule has 100 valence electrons. The summed E-state index contributed by atoms with van der Waals surface area (Å²) in [6.07, 6.45) is 6.22. The Bertz CT molecular complexity index is 636. The van der Waals surface area contributed by atoms with Gasteiger partial charge >= 0.3 is 0 Å². The van der Waals surface area contributed by atoms with Crippen LogP contribution in [0.4, 0.5) is 0 Å². The normalized spacial score (nSPS) is 13.2. The Morgan fingerprint density at radius 2 is 2.32 bits per heavy atom. The Labute approximate surface area is 120 Å². The van der Waals surface area contributed by atoms with Crippen molar-refractivity contribution in [3.63, 3.8) is 0 Å². The molecule has 3 aromatic rings. The highest BCUT2D eigenvalue weighted by Crippen LogP contribution is 2.34. The molecule has 5 heteroatoms. The van der Waals surface area contributed by atoms with E-state index in [1.807, 2.05) is 47.6 Å². The molecule has 3 heterocycles. The number of nitrogens with one attached hydrogen (secondary N) is 1. The quantitative estimate of drug-likeness (QED) is 0.778. The lowest BCUT2D eigenvalue weighted by atomic mass is 10.1. The molecule has 3 rings (SSSR count). The van der Waals surface area contributed by atoms with Crippen LogP contribution in [0.5, 0.6) is 0 Å². The van der Waals surface area contributed by atoms with E-state index in [-0.39, 0.29) is 0 Å². The minimum Gasteiger partial charge on any atom is -0.312 e. The van der Waals surface area contributed by atoms with Crippen LogP contribution < -0.4 is 5.32 Å². The predicted octanol–water partition coefficient (Wildman–Crippen LogP) is 3.59. The first-order valence-corrected chi connectivity index (χ1v) is 8.07. The summed E-state index contributed by atoms with van der Waals surface area (Å²) in [6, 6.07) is 4.97. The van der Waals surface area contributed by atoms with Crippen LogP contribution in [0.2, 0.25) is 0 Å². The van der Waals surface area contributed by atoms with Crippen LogP contribution >= 0.6 is 22.7 Å². The molecule has 0 amide bonds. The molecule has 0 bridgehead atoms. The van der Waals surface area contributed by atoms with Gasteiger partial charge in [-0.2, -0.15) is 5.10 Å². The standard InChI is InChI=1S/C14H17N3S2/c1-15-11(4-3-10-8-16-17(2)9-10)13-7-14-12(19-13)5-6-18-14/h5-9,11,15H,3-4H2,1-2H3. The van der Waals surface area contributed by atoms with E-state index < -0.39 is 0 Å². The zero-order chi connectivity index (χ0) is 13.2. The average molecular weight is 291 g/mol. The summed E-state index contributed by atoms with van der Waals surface area (Å²) in [4.78, 5) is 1.44. The van der Waals surface area contributed by atoms with Gasteiger partial charge in [0, 0.05) is 33.6 Å². The topological polar surface area (TPSA) is 29.9 Å². The van der Waals surface area contributed by atoms with Crippen LogP contribution in [0.15, 0.2) is 29.9 Å². The Hall–Kier alpha value is -1.17. The Balaban J connectivity index is 1.71. The highest BCUT2D eigenvalue weighted by Gasteiger charge is 2.13. The van der Waals surface area contributed by atoms with Gasteiger partial charge in [0.15, 0.2) is 0 Å². The van der Waals surface area contributed by atoms with Crippen molar-refractivity contribution in [1.82, 2.24) is 15.1 Å². The summed E-state index contributed by atoms with van der Waals surface area (Å²) in [7, 11) is 4.01. The summed E-state index contributed by atoms with van der Waals surface area (Å²) in [6.45, 7) is 0. The van der Waals surface area contributed by atoms with Crippen molar-refractivity contribution in [3.8, 4) is 0 Å². The van der Waals surface area contributed by atoms with Gasteiger partial charge < -0.3 is 5.32 Å². The molecule has 0 saturated heterocycles. The Morgan fingerprint density at radius 1 is 1.42 bits per heavy atom. The summed E-state index contributed by atoms with van der Waals surface area (Å²) in [5, 5.41) is 9.82. The van der Waals surface area contributed by atoms with Crippen molar-refractivity contribution in [3.05, 3.63) is 40.3 Å². The van der Waals surface area contributed by atoms with Gasteiger partial charge in [0.05, 0.1) is 6.20 Å². The zero-order valence-electron chi connectivity index (χ0n) is 11.1. The summed E-state index contributed by atoms with van der Waals surface area (Å²) < 4.78 is 4.67. The maximum atomic E-state index is 4.22. The fourth-order valence-electron chi connectivity index (χ4n) is 2.30. The number of rotatable bonds is 5.